The first-order valence-corrected chi connectivity index (χ1v) is 12.5. The summed E-state index contributed by atoms with van der Waals surface area (Å²) >= 11 is 0. The molecule has 2 saturated carbocycles. The standard InChI is InChI=1S/C28H44/c1-3-7-23-11-13-25(14-12-23)9-5-6-10-26-17-21-28(22-18-26)27-19-15-24(8-4-2)16-20-27/h5,9,17-18,21-25,27H,3-4,6-8,10-16,19-20H2,1-2H3. The molecule has 0 heteroatoms. The van der Waals surface area contributed by atoms with Gasteiger partial charge in [-0.3, -0.25) is 0 Å². The predicted molar refractivity (Wildman–Crippen MR) is 124 cm³/mol. The number of hydrogen-bond acceptors (Lipinski definition) is 0. The molecule has 1 aromatic rings. The van der Waals surface area contributed by atoms with Crippen LogP contribution >= 0.6 is 0 Å². The van der Waals surface area contributed by atoms with Crippen molar-refractivity contribution >= 4 is 0 Å². The molecule has 1 aromatic carbocycles. The van der Waals surface area contributed by atoms with E-state index in [1.807, 2.05) is 0 Å². The summed E-state index contributed by atoms with van der Waals surface area (Å²) in [5, 5.41) is 0. The maximum absolute atomic E-state index is 2.53. The van der Waals surface area contributed by atoms with Crippen LogP contribution < -0.4 is 0 Å². The molecule has 0 heterocycles. The Bertz CT molecular complexity index is 550. The highest BCUT2D eigenvalue weighted by Crippen LogP contribution is 2.37. The summed E-state index contributed by atoms with van der Waals surface area (Å²) in [6.07, 6.45) is 24.5. The first-order valence-electron chi connectivity index (χ1n) is 12.5. The van der Waals surface area contributed by atoms with Crippen molar-refractivity contribution < 1.29 is 0 Å². The van der Waals surface area contributed by atoms with E-state index in [0.29, 0.717) is 0 Å². The quantitative estimate of drug-likeness (QED) is 0.375. The van der Waals surface area contributed by atoms with Gasteiger partial charge in [0, 0.05) is 0 Å². The molecule has 0 spiro atoms. The van der Waals surface area contributed by atoms with Crippen molar-refractivity contribution in [3.63, 3.8) is 0 Å². The normalized spacial score (nSPS) is 28.6. The second kappa shape index (κ2) is 11.8. The summed E-state index contributed by atoms with van der Waals surface area (Å²) < 4.78 is 0. The molecule has 0 unspecified atom stereocenters. The molecule has 0 saturated heterocycles. The van der Waals surface area contributed by atoms with E-state index in [1.54, 1.807) is 5.56 Å². The fourth-order valence-electron chi connectivity index (χ4n) is 5.77. The highest BCUT2D eigenvalue weighted by atomic mass is 14.3. The summed E-state index contributed by atoms with van der Waals surface area (Å²) in [5.74, 6) is 3.71. The average Bonchev–Trinajstić information content (AvgIpc) is 2.74. The summed E-state index contributed by atoms with van der Waals surface area (Å²) in [6, 6.07) is 9.66. The monoisotopic (exact) mass is 380 g/mol. The largest absolute Gasteiger partial charge is 0.0879 e. The van der Waals surface area contributed by atoms with E-state index in [9.17, 15) is 0 Å². The molecular formula is C28H44. The van der Waals surface area contributed by atoms with E-state index in [4.69, 9.17) is 0 Å². The highest BCUT2D eigenvalue weighted by molar-refractivity contribution is 5.26. The van der Waals surface area contributed by atoms with Gasteiger partial charge in [0.15, 0.2) is 0 Å². The minimum absolute atomic E-state index is 0.824. The zero-order chi connectivity index (χ0) is 19.6. The lowest BCUT2D eigenvalue weighted by molar-refractivity contribution is 0.294. The molecule has 0 bridgehead atoms. The number of hydrogen-bond donors (Lipinski definition) is 0. The Hall–Kier alpha value is -1.04. The fraction of sp³-hybridized carbons (Fsp3) is 0.714. The van der Waals surface area contributed by atoms with E-state index < -0.39 is 0 Å². The van der Waals surface area contributed by atoms with Gasteiger partial charge in [0.25, 0.3) is 0 Å². The van der Waals surface area contributed by atoms with Crippen molar-refractivity contribution in [1.82, 2.24) is 0 Å². The van der Waals surface area contributed by atoms with Gasteiger partial charge < -0.3 is 0 Å². The number of rotatable bonds is 9. The van der Waals surface area contributed by atoms with Crippen molar-refractivity contribution in [3.05, 3.63) is 47.5 Å². The van der Waals surface area contributed by atoms with Gasteiger partial charge in [-0.25, -0.2) is 0 Å². The molecule has 2 aliphatic rings. The molecule has 0 aliphatic heterocycles. The molecule has 0 radical (unpaired) electrons. The average molecular weight is 381 g/mol. The minimum Gasteiger partial charge on any atom is -0.0879 e. The molecule has 0 amide bonds. The summed E-state index contributed by atoms with van der Waals surface area (Å²) in [4.78, 5) is 0. The maximum atomic E-state index is 2.53. The van der Waals surface area contributed by atoms with Gasteiger partial charge in [-0.1, -0.05) is 75.9 Å². The van der Waals surface area contributed by atoms with Gasteiger partial charge >= 0.3 is 0 Å². The van der Waals surface area contributed by atoms with E-state index >= 15 is 0 Å². The Balaban J connectivity index is 1.36. The van der Waals surface area contributed by atoms with Crippen molar-refractivity contribution in [2.45, 2.75) is 110 Å². The van der Waals surface area contributed by atoms with Crippen LogP contribution in [0.15, 0.2) is 36.4 Å². The van der Waals surface area contributed by atoms with Gasteiger partial charge in [-0.2, -0.15) is 0 Å². The molecule has 28 heavy (non-hydrogen) atoms. The van der Waals surface area contributed by atoms with Crippen molar-refractivity contribution in [3.8, 4) is 0 Å². The van der Waals surface area contributed by atoms with Crippen molar-refractivity contribution in [1.29, 1.82) is 0 Å². The van der Waals surface area contributed by atoms with Crippen molar-refractivity contribution in [2.75, 3.05) is 0 Å². The van der Waals surface area contributed by atoms with Crippen LogP contribution in [0.2, 0.25) is 0 Å². The molecule has 0 aromatic heterocycles. The van der Waals surface area contributed by atoms with Crippen LogP contribution in [0.3, 0.4) is 0 Å². The molecule has 3 rings (SSSR count). The second-order valence-corrected chi connectivity index (χ2v) is 9.78. The minimum atomic E-state index is 0.824. The van der Waals surface area contributed by atoms with E-state index in [-0.39, 0.29) is 0 Å². The second-order valence-electron chi connectivity index (χ2n) is 9.78. The van der Waals surface area contributed by atoms with Crippen LogP contribution in [-0.2, 0) is 6.42 Å². The first kappa shape index (κ1) is 21.7. The topological polar surface area (TPSA) is 0 Å². The molecule has 0 atom stereocenters. The van der Waals surface area contributed by atoms with Crippen LogP contribution in [0.4, 0.5) is 0 Å². The van der Waals surface area contributed by atoms with Crippen LogP contribution in [0.25, 0.3) is 0 Å². The van der Waals surface area contributed by atoms with Gasteiger partial charge in [0.1, 0.15) is 0 Å². The Kier molecular flexibility index (Phi) is 9.16. The fourth-order valence-corrected chi connectivity index (χ4v) is 5.77. The van der Waals surface area contributed by atoms with E-state index in [1.165, 1.54) is 95.5 Å². The summed E-state index contributed by atoms with van der Waals surface area (Å²) in [7, 11) is 0. The Morgan fingerprint density at radius 3 is 1.89 bits per heavy atom. The zero-order valence-corrected chi connectivity index (χ0v) is 18.7. The summed E-state index contributed by atoms with van der Waals surface area (Å²) in [5.41, 5.74) is 3.11. The zero-order valence-electron chi connectivity index (χ0n) is 18.7. The lowest BCUT2D eigenvalue weighted by Crippen LogP contribution is -2.13. The highest BCUT2D eigenvalue weighted by Gasteiger charge is 2.21. The SMILES string of the molecule is CCCC1CCC(C=CCCc2ccc(C3CCC(CCC)CC3)cc2)CC1. The third-order valence-corrected chi connectivity index (χ3v) is 7.59. The first-order chi connectivity index (χ1) is 13.8. The molecule has 156 valence electrons. The number of allylic oxidation sites excluding steroid dienone is 2. The van der Waals surface area contributed by atoms with Gasteiger partial charge in [-0.15, -0.1) is 0 Å². The van der Waals surface area contributed by atoms with Crippen LogP contribution in [0.1, 0.15) is 114 Å². The Morgan fingerprint density at radius 1 is 0.750 bits per heavy atom. The van der Waals surface area contributed by atoms with Gasteiger partial charge in [0.2, 0.25) is 0 Å². The molecule has 2 aliphatic carbocycles. The Labute approximate surface area is 175 Å². The Morgan fingerprint density at radius 2 is 1.32 bits per heavy atom. The van der Waals surface area contributed by atoms with Crippen LogP contribution in [-0.4, -0.2) is 0 Å². The van der Waals surface area contributed by atoms with Crippen LogP contribution in [0, 0.1) is 17.8 Å². The summed E-state index contributed by atoms with van der Waals surface area (Å²) in [6.45, 7) is 4.66. The van der Waals surface area contributed by atoms with Crippen molar-refractivity contribution in [2.24, 2.45) is 17.8 Å². The molecule has 2 fully saturated rings. The molecule has 0 N–H and O–H groups in total. The van der Waals surface area contributed by atoms with E-state index in [0.717, 1.165) is 23.7 Å². The number of aryl methyl sites for hydroxylation is 1. The van der Waals surface area contributed by atoms with E-state index in [2.05, 4.69) is 50.3 Å². The smallest absolute Gasteiger partial charge is 0.0162 e. The molecular weight excluding hydrogens is 336 g/mol. The number of benzene rings is 1. The third-order valence-electron chi connectivity index (χ3n) is 7.59. The predicted octanol–water partition coefficient (Wildman–Crippen LogP) is 8.86. The maximum Gasteiger partial charge on any atom is -0.0162 e. The molecule has 0 nitrogen and oxygen atoms in total. The lowest BCUT2D eigenvalue weighted by Gasteiger charge is -2.28. The third kappa shape index (κ3) is 6.78. The van der Waals surface area contributed by atoms with Gasteiger partial charge in [0.05, 0.1) is 0 Å². The van der Waals surface area contributed by atoms with Gasteiger partial charge in [-0.05, 0) is 99.0 Å². The van der Waals surface area contributed by atoms with Crippen LogP contribution in [0.5, 0.6) is 0 Å². The lowest BCUT2D eigenvalue weighted by atomic mass is 9.77.